The van der Waals surface area contributed by atoms with Crippen LogP contribution in [0.1, 0.15) is 21.7 Å². The van der Waals surface area contributed by atoms with E-state index in [2.05, 4.69) is 15.3 Å². The van der Waals surface area contributed by atoms with Crippen LogP contribution in [-0.2, 0) is 4.74 Å². The number of halogens is 3. The number of aromatic nitrogens is 2. The van der Waals surface area contributed by atoms with E-state index in [0.29, 0.717) is 12.0 Å². The van der Waals surface area contributed by atoms with E-state index < -0.39 is 29.0 Å². The van der Waals surface area contributed by atoms with Gasteiger partial charge in [-0.15, -0.1) is 0 Å². The molecule has 0 bridgehead atoms. The van der Waals surface area contributed by atoms with Gasteiger partial charge < -0.3 is 10.1 Å². The Morgan fingerprint density at radius 2 is 1.78 bits per heavy atom. The molecule has 0 aliphatic heterocycles. The summed E-state index contributed by atoms with van der Waals surface area (Å²) in [6, 6.07) is 3.30. The Morgan fingerprint density at radius 3 is 2.43 bits per heavy atom. The molecule has 0 saturated heterocycles. The molecule has 0 saturated carbocycles. The summed E-state index contributed by atoms with van der Waals surface area (Å²) in [7, 11) is 0. The minimum Gasteiger partial charge on any atom is -0.460 e. The van der Waals surface area contributed by atoms with Gasteiger partial charge in [0.25, 0.3) is 0 Å². The summed E-state index contributed by atoms with van der Waals surface area (Å²) in [4.78, 5) is 19.9. The highest BCUT2D eigenvalue weighted by atomic mass is 19.2. The molecule has 5 nitrogen and oxygen atoms in total. The lowest BCUT2D eigenvalue weighted by Crippen LogP contribution is -2.17. The molecule has 1 aromatic heterocycles. The highest BCUT2D eigenvalue weighted by molar-refractivity contribution is 5.89. The van der Waals surface area contributed by atoms with Crippen molar-refractivity contribution < 1.29 is 22.7 Å². The van der Waals surface area contributed by atoms with Crippen LogP contribution >= 0.6 is 0 Å². The van der Waals surface area contributed by atoms with Crippen molar-refractivity contribution in [3.8, 4) is 0 Å². The first-order valence-corrected chi connectivity index (χ1v) is 6.75. The van der Waals surface area contributed by atoms with Gasteiger partial charge in [0.15, 0.2) is 17.5 Å². The summed E-state index contributed by atoms with van der Waals surface area (Å²) < 4.78 is 44.1. The molecule has 0 radical (unpaired) electrons. The van der Waals surface area contributed by atoms with Gasteiger partial charge in [0.1, 0.15) is 6.61 Å². The van der Waals surface area contributed by atoms with Crippen molar-refractivity contribution in [2.45, 2.75) is 13.8 Å². The highest BCUT2D eigenvalue weighted by Crippen LogP contribution is 2.16. The minimum absolute atomic E-state index is 0.117. The average molecular weight is 325 g/mol. The van der Waals surface area contributed by atoms with Crippen molar-refractivity contribution in [1.29, 1.82) is 0 Å². The molecule has 2 aromatic rings. The van der Waals surface area contributed by atoms with E-state index in [9.17, 15) is 18.0 Å². The first kappa shape index (κ1) is 16.7. The predicted octanol–water partition coefficient (Wildman–Crippen LogP) is 2.78. The number of hydrogen-bond acceptors (Lipinski definition) is 5. The molecule has 0 fully saturated rings. The molecule has 23 heavy (non-hydrogen) atoms. The monoisotopic (exact) mass is 325 g/mol. The zero-order valence-electron chi connectivity index (χ0n) is 12.5. The van der Waals surface area contributed by atoms with Crippen molar-refractivity contribution in [3.63, 3.8) is 0 Å². The maximum atomic E-state index is 13.4. The van der Waals surface area contributed by atoms with E-state index in [0.717, 1.165) is 17.5 Å². The van der Waals surface area contributed by atoms with Gasteiger partial charge in [-0.3, -0.25) is 0 Å². The first-order valence-electron chi connectivity index (χ1n) is 6.75. The molecule has 1 N–H and O–H groups in total. The van der Waals surface area contributed by atoms with Crippen molar-refractivity contribution >= 4 is 11.9 Å². The summed E-state index contributed by atoms with van der Waals surface area (Å²) in [6.07, 6.45) is 0. The van der Waals surface area contributed by atoms with Crippen LogP contribution < -0.4 is 5.32 Å². The van der Waals surface area contributed by atoms with E-state index in [1.54, 1.807) is 6.07 Å². The third-order valence-electron chi connectivity index (χ3n) is 2.86. The summed E-state index contributed by atoms with van der Waals surface area (Å²) in [5, 5.41) is 2.84. The zero-order chi connectivity index (χ0) is 17.0. The van der Waals surface area contributed by atoms with Gasteiger partial charge in [0.2, 0.25) is 5.95 Å². The third-order valence-corrected chi connectivity index (χ3v) is 2.86. The Bertz CT molecular complexity index is 718. The topological polar surface area (TPSA) is 64.1 Å². The van der Waals surface area contributed by atoms with Crippen LogP contribution in [0.3, 0.4) is 0 Å². The third kappa shape index (κ3) is 4.18. The van der Waals surface area contributed by atoms with Gasteiger partial charge in [-0.25, -0.2) is 27.9 Å². The van der Waals surface area contributed by atoms with Crippen LogP contribution in [0.2, 0.25) is 0 Å². The Morgan fingerprint density at radius 1 is 1.13 bits per heavy atom. The Kier molecular flexibility index (Phi) is 5.15. The number of nitrogens with one attached hydrogen (secondary N) is 1. The van der Waals surface area contributed by atoms with Crippen LogP contribution in [0.4, 0.5) is 19.1 Å². The van der Waals surface area contributed by atoms with Crippen molar-refractivity contribution in [2.75, 3.05) is 18.5 Å². The van der Waals surface area contributed by atoms with Crippen molar-refractivity contribution in [2.24, 2.45) is 0 Å². The van der Waals surface area contributed by atoms with Crippen molar-refractivity contribution in [3.05, 3.63) is 52.6 Å². The molecule has 1 aromatic carbocycles. The smallest absolute Gasteiger partial charge is 0.341 e. The SMILES string of the molecule is Cc1cc(C)nc(NCCOC(=O)c2ccc(F)c(F)c2F)n1. The lowest BCUT2D eigenvalue weighted by molar-refractivity contribution is 0.0513. The Hall–Kier alpha value is -2.64. The number of benzene rings is 1. The first-order chi connectivity index (χ1) is 10.9. The van der Waals surface area contributed by atoms with Crippen LogP contribution in [0.5, 0.6) is 0 Å². The number of rotatable bonds is 5. The van der Waals surface area contributed by atoms with E-state index >= 15 is 0 Å². The average Bonchev–Trinajstić information content (AvgIpc) is 2.48. The van der Waals surface area contributed by atoms with Gasteiger partial charge in [-0.1, -0.05) is 0 Å². The predicted molar refractivity (Wildman–Crippen MR) is 76.6 cm³/mol. The van der Waals surface area contributed by atoms with Gasteiger partial charge in [-0.05, 0) is 32.0 Å². The largest absolute Gasteiger partial charge is 0.460 e. The molecule has 122 valence electrons. The van der Waals surface area contributed by atoms with Crippen LogP contribution in [-0.4, -0.2) is 29.1 Å². The van der Waals surface area contributed by atoms with E-state index in [1.807, 2.05) is 13.8 Å². The summed E-state index contributed by atoms with van der Waals surface area (Å²) in [6.45, 7) is 3.69. The molecule has 0 aliphatic carbocycles. The quantitative estimate of drug-likeness (QED) is 0.520. The normalized spacial score (nSPS) is 10.5. The lowest BCUT2D eigenvalue weighted by atomic mass is 10.2. The number of aryl methyl sites for hydroxylation is 2. The highest BCUT2D eigenvalue weighted by Gasteiger charge is 2.19. The number of carbonyl (C=O) groups excluding carboxylic acids is 1. The standard InChI is InChI=1S/C15H14F3N3O2/c1-8-7-9(2)21-15(20-8)19-5-6-23-14(22)10-3-4-11(16)13(18)12(10)17/h3-4,7H,5-6H2,1-2H3,(H,19,20,21). The van der Waals surface area contributed by atoms with Gasteiger partial charge in [0.05, 0.1) is 12.1 Å². The molecule has 0 unspecified atom stereocenters. The van der Waals surface area contributed by atoms with Crippen LogP contribution in [0.25, 0.3) is 0 Å². The number of esters is 1. The number of anilines is 1. The van der Waals surface area contributed by atoms with Crippen LogP contribution in [0, 0.1) is 31.3 Å². The summed E-state index contributed by atoms with van der Waals surface area (Å²) in [5.74, 6) is -5.35. The molecule has 2 rings (SSSR count). The second-order valence-corrected chi connectivity index (χ2v) is 4.76. The fourth-order valence-electron chi connectivity index (χ4n) is 1.87. The maximum absolute atomic E-state index is 13.4. The van der Waals surface area contributed by atoms with E-state index in [-0.39, 0.29) is 13.2 Å². The Balaban J connectivity index is 1.89. The Labute approximate surface area is 130 Å². The molecule has 8 heteroatoms. The minimum atomic E-state index is -1.71. The van der Waals surface area contributed by atoms with Gasteiger partial charge in [0, 0.05) is 11.4 Å². The zero-order valence-corrected chi connectivity index (χ0v) is 12.5. The summed E-state index contributed by atoms with van der Waals surface area (Å²) in [5.41, 5.74) is 0.897. The van der Waals surface area contributed by atoms with Gasteiger partial charge >= 0.3 is 5.97 Å². The number of carbonyl (C=O) groups is 1. The number of nitrogens with zero attached hydrogens (tertiary/aromatic N) is 2. The van der Waals surface area contributed by atoms with E-state index in [1.165, 1.54) is 0 Å². The molecular weight excluding hydrogens is 311 g/mol. The molecule has 0 aliphatic rings. The molecule has 0 amide bonds. The molecule has 0 atom stereocenters. The summed E-state index contributed by atoms with van der Waals surface area (Å²) >= 11 is 0. The van der Waals surface area contributed by atoms with Crippen molar-refractivity contribution in [1.82, 2.24) is 9.97 Å². The van der Waals surface area contributed by atoms with Gasteiger partial charge in [-0.2, -0.15) is 0 Å². The van der Waals surface area contributed by atoms with Crippen LogP contribution in [0.15, 0.2) is 18.2 Å². The number of hydrogen-bond donors (Lipinski definition) is 1. The molecular formula is C15H14F3N3O2. The number of ether oxygens (including phenoxy) is 1. The molecule has 1 heterocycles. The second kappa shape index (κ2) is 7.08. The fourth-order valence-corrected chi connectivity index (χ4v) is 1.87. The van der Waals surface area contributed by atoms with E-state index in [4.69, 9.17) is 4.74 Å². The fraction of sp³-hybridized carbons (Fsp3) is 0.267. The molecule has 0 spiro atoms. The second-order valence-electron chi connectivity index (χ2n) is 4.76. The maximum Gasteiger partial charge on any atom is 0.341 e. The lowest BCUT2D eigenvalue weighted by Gasteiger charge is -2.08.